The second-order valence-corrected chi connectivity index (χ2v) is 6.56. The molecule has 0 atom stereocenters. The van der Waals surface area contributed by atoms with E-state index >= 15 is 0 Å². The molecule has 23 heavy (non-hydrogen) atoms. The van der Waals surface area contributed by atoms with Crippen molar-refractivity contribution in [3.05, 3.63) is 23.7 Å². The van der Waals surface area contributed by atoms with Gasteiger partial charge in [-0.2, -0.15) is 0 Å². The molecule has 1 aromatic rings. The summed E-state index contributed by atoms with van der Waals surface area (Å²) in [5, 5.41) is 17.4. The maximum absolute atomic E-state index is 8.72. The van der Waals surface area contributed by atoms with Gasteiger partial charge in [0.2, 0.25) is 0 Å². The van der Waals surface area contributed by atoms with Crippen LogP contribution in [-0.2, 0) is 12.8 Å². The molecule has 0 spiro atoms. The molecule has 0 saturated heterocycles. The molecule has 1 rings (SSSR count). The van der Waals surface area contributed by atoms with E-state index in [1.165, 1.54) is 51.4 Å². The highest BCUT2D eigenvalue weighted by Crippen LogP contribution is 2.16. The zero-order valence-corrected chi connectivity index (χ0v) is 14.8. The molecule has 0 amide bonds. The third-order valence-electron chi connectivity index (χ3n) is 4.38. The van der Waals surface area contributed by atoms with Gasteiger partial charge in [0.1, 0.15) is 11.5 Å². The smallest absolute Gasteiger partial charge is 0.104 e. The second-order valence-electron chi connectivity index (χ2n) is 6.56. The van der Waals surface area contributed by atoms with Gasteiger partial charge in [-0.3, -0.25) is 0 Å². The lowest BCUT2D eigenvalue weighted by molar-refractivity contribution is 0.282. The summed E-state index contributed by atoms with van der Waals surface area (Å²) >= 11 is 0. The Hall–Kier alpha value is -0.800. The number of unbranched alkanes of at least 4 members (excludes halogenated alkanes) is 10. The Morgan fingerprint density at radius 2 is 0.870 bits per heavy atom. The number of rotatable bonds is 16. The van der Waals surface area contributed by atoms with Gasteiger partial charge in [0.15, 0.2) is 0 Å². The van der Waals surface area contributed by atoms with Crippen LogP contribution in [0, 0.1) is 0 Å². The van der Waals surface area contributed by atoms with Gasteiger partial charge in [0, 0.05) is 26.1 Å². The largest absolute Gasteiger partial charge is 0.466 e. The van der Waals surface area contributed by atoms with Gasteiger partial charge >= 0.3 is 0 Å². The van der Waals surface area contributed by atoms with Gasteiger partial charge in [-0.15, -0.1) is 0 Å². The number of aryl methyl sites for hydroxylation is 2. The van der Waals surface area contributed by atoms with Crippen LogP contribution in [-0.4, -0.2) is 23.4 Å². The average Bonchev–Trinajstić information content (AvgIpc) is 3.01. The van der Waals surface area contributed by atoms with E-state index < -0.39 is 0 Å². The van der Waals surface area contributed by atoms with Gasteiger partial charge in [-0.25, -0.2) is 0 Å². The molecular weight excluding hydrogens is 288 g/mol. The van der Waals surface area contributed by atoms with Gasteiger partial charge in [-0.05, 0) is 37.8 Å². The van der Waals surface area contributed by atoms with E-state index in [4.69, 9.17) is 14.6 Å². The molecule has 3 heteroatoms. The van der Waals surface area contributed by atoms with Crippen LogP contribution in [0.3, 0.4) is 0 Å². The lowest BCUT2D eigenvalue weighted by Gasteiger charge is -2.01. The highest BCUT2D eigenvalue weighted by Gasteiger charge is 2.02. The van der Waals surface area contributed by atoms with Crippen LogP contribution in [0.2, 0.25) is 0 Å². The third-order valence-corrected chi connectivity index (χ3v) is 4.38. The van der Waals surface area contributed by atoms with Gasteiger partial charge in [-0.1, -0.05) is 51.4 Å². The maximum Gasteiger partial charge on any atom is 0.104 e. The first-order valence-electron chi connectivity index (χ1n) is 9.66. The third kappa shape index (κ3) is 11.4. The molecule has 0 fully saturated rings. The second kappa shape index (κ2) is 14.8. The zero-order valence-electron chi connectivity index (χ0n) is 14.8. The van der Waals surface area contributed by atoms with Crippen molar-refractivity contribution in [3.63, 3.8) is 0 Å². The molecule has 0 bridgehead atoms. The van der Waals surface area contributed by atoms with Crippen LogP contribution in [0.15, 0.2) is 16.5 Å². The first-order chi connectivity index (χ1) is 11.4. The van der Waals surface area contributed by atoms with Gasteiger partial charge in [0.05, 0.1) is 0 Å². The molecule has 0 saturated carbocycles. The summed E-state index contributed by atoms with van der Waals surface area (Å²) < 4.78 is 5.91. The van der Waals surface area contributed by atoms with Crippen molar-refractivity contribution in [2.75, 3.05) is 13.2 Å². The first-order valence-corrected chi connectivity index (χ1v) is 9.66. The quantitative estimate of drug-likeness (QED) is 0.419. The number of hydrogen-bond donors (Lipinski definition) is 2. The minimum absolute atomic E-state index is 0.331. The molecule has 0 aromatic carbocycles. The molecule has 134 valence electrons. The van der Waals surface area contributed by atoms with Crippen molar-refractivity contribution in [2.24, 2.45) is 0 Å². The van der Waals surface area contributed by atoms with Crippen molar-refractivity contribution in [1.29, 1.82) is 0 Å². The normalized spacial score (nSPS) is 11.2. The summed E-state index contributed by atoms with van der Waals surface area (Å²) in [6.07, 6.45) is 16.3. The summed E-state index contributed by atoms with van der Waals surface area (Å²) in [6.45, 7) is 0.662. The molecule has 0 aliphatic heterocycles. The molecule has 3 nitrogen and oxygen atoms in total. The van der Waals surface area contributed by atoms with E-state index in [2.05, 4.69) is 12.1 Å². The number of aliphatic hydroxyl groups is 2. The molecule has 0 radical (unpaired) electrons. The lowest BCUT2D eigenvalue weighted by atomic mass is 10.1. The average molecular weight is 325 g/mol. The van der Waals surface area contributed by atoms with E-state index in [-0.39, 0.29) is 0 Å². The molecule has 1 aromatic heterocycles. The fraction of sp³-hybridized carbons (Fsp3) is 0.800. The SMILES string of the molecule is OCCCCCCCCc1ccc(CCCCCCCCO)o1. The summed E-state index contributed by atoms with van der Waals surface area (Å²) in [5.41, 5.74) is 0. The van der Waals surface area contributed by atoms with Crippen molar-refractivity contribution in [2.45, 2.75) is 89.9 Å². The van der Waals surface area contributed by atoms with Gasteiger partial charge in [0.25, 0.3) is 0 Å². The summed E-state index contributed by atoms with van der Waals surface area (Å²) in [4.78, 5) is 0. The van der Waals surface area contributed by atoms with E-state index in [1.807, 2.05) is 0 Å². The molecule has 0 aliphatic rings. The lowest BCUT2D eigenvalue weighted by Crippen LogP contribution is -1.87. The van der Waals surface area contributed by atoms with Crippen LogP contribution < -0.4 is 0 Å². The highest BCUT2D eigenvalue weighted by atomic mass is 16.3. The predicted octanol–water partition coefficient (Wildman–Crippen LogP) is 5.03. The zero-order chi connectivity index (χ0) is 16.6. The van der Waals surface area contributed by atoms with Crippen LogP contribution in [0.5, 0.6) is 0 Å². The van der Waals surface area contributed by atoms with Crippen molar-refractivity contribution in [3.8, 4) is 0 Å². The molecular formula is C20H36O3. The van der Waals surface area contributed by atoms with Crippen LogP contribution in [0.4, 0.5) is 0 Å². The molecule has 0 aliphatic carbocycles. The van der Waals surface area contributed by atoms with Crippen LogP contribution in [0.25, 0.3) is 0 Å². The summed E-state index contributed by atoms with van der Waals surface area (Å²) in [5.74, 6) is 2.27. The minimum Gasteiger partial charge on any atom is -0.466 e. The van der Waals surface area contributed by atoms with E-state index in [0.29, 0.717) is 13.2 Å². The number of furan rings is 1. The summed E-state index contributed by atoms with van der Waals surface area (Å²) in [7, 11) is 0. The Morgan fingerprint density at radius 1 is 0.522 bits per heavy atom. The Labute approximate surface area is 142 Å². The van der Waals surface area contributed by atoms with Crippen LogP contribution in [0.1, 0.15) is 88.6 Å². The standard InChI is InChI=1S/C20H36O3/c21-17-11-7-3-1-5-9-13-19-15-16-20(23-19)14-10-6-2-4-8-12-18-22/h15-16,21-22H,1-14,17-18H2. The molecule has 0 unspecified atom stereocenters. The maximum atomic E-state index is 8.72. The van der Waals surface area contributed by atoms with E-state index in [0.717, 1.165) is 50.0 Å². The van der Waals surface area contributed by atoms with Crippen LogP contribution >= 0.6 is 0 Å². The van der Waals surface area contributed by atoms with E-state index in [9.17, 15) is 0 Å². The summed E-state index contributed by atoms with van der Waals surface area (Å²) in [6, 6.07) is 4.28. The predicted molar refractivity (Wildman–Crippen MR) is 95.7 cm³/mol. The Bertz CT molecular complexity index is 327. The number of aliphatic hydroxyl groups excluding tert-OH is 2. The Morgan fingerprint density at radius 3 is 1.26 bits per heavy atom. The fourth-order valence-electron chi connectivity index (χ4n) is 2.93. The fourth-order valence-corrected chi connectivity index (χ4v) is 2.93. The van der Waals surface area contributed by atoms with Crippen molar-refractivity contribution >= 4 is 0 Å². The Balaban J connectivity index is 1.97. The first kappa shape index (κ1) is 20.2. The monoisotopic (exact) mass is 324 g/mol. The van der Waals surface area contributed by atoms with Gasteiger partial charge < -0.3 is 14.6 Å². The minimum atomic E-state index is 0.331. The molecule has 2 N–H and O–H groups in total. The number of hydrogen-bond acceptors (Lipinski definition) is 3. The molecule has 1 heterocycles. The highest BCUT2D eigenvalue weighted by molar-refractivity contribution is 5.07. The van der Waals surface area contributed by atoms with E-state index in [1.54, 1.807) is 0 Å². The topological polar surface area (TPSA) is 53.6 Å². The van der Waals surface area contributed by atoms with Crippen molar-refractivity contribution in [1.82, 2.24) is 0 Å². The van der Waals surface area contributed by atoms with Crippen molar-refractivity contribution < 1.29 is 14.6 Å². The Kier molecular flexibility index (Phi) is 13.0.